The number of fused-ring (bicyclic) bond motifs is 1. The van der Waals surface area contributed by atoms with Crippen LogP contribution in [0.2, 0.25) is 0 Å². The van der Waals surface area contributed by atoms with Crippen molar-refractivity contribution in [2.45, 2.75) is 6.54 Å². The number of oxazole rings is 1. The van der Waals surface area contributed by atoms with Crippen molar-refractivity contribution in [1.29, 1.82) is 0 Å². The first kappa shape index (κ1) is 13.0. The van der Waals surface area contributed by atoms with Gasteiger partial charge in [0.2, 0.25) is 0 Å². The second-order valence-electron chi connectivity index (χ2n) is 4.68. The Hall–Kier alpha value is -3.02. The zero-order valence-electron chi connectivity index (χ0n) is 10.9. The average Bonchev–Trinajstić information content (AvgIpc) is 2.76. The monoisotopic (exact) mass is 284 g/mol. The number of carboxylic acid groups (broad SMARTS) is 1. The van der Waals surface area contributed by atoms with Crippen LogP contribution in [0.3, 0.4) is 0 Å². The van der Waals surface area contributed by atoms with Gasteiger partial charge in [0.25, 0.3) is 0 Å². The highest BCUT2D eigenvalue weighted by molar-refractivity contribution is 5.87. The van der Waals surface area contributed by atoms with Crippen molar-refractivity contribution in [3.8, 4) is 0 Å². The fourth-order valence-electron chi connectivity index (χ4n) is 2.16. The van der Waals surface area contributed by atoms with E-state index in [9.17, 15) is 9.59 Å². The van der Waals surface area contributed by atoms with Crippen LogP contribution >= 0.6 is 0 Å². The maximum absolute atomic E-state index is 11.9. The number of rotatable bonds is 3. The molecule has 0 saturated heterocycles. The minimum atomic E-state index is -0.986. The lowest BCUT2D eigenvalue weighted by Crippen LogP contribution is -2.15. The second kappa shape index (κ2) is 4.82. The van der Waals surface area contributed by atoms with E-state index in [-0.39, 0.29) is 12.1 Å². The molecule has 0 aliphatic carbocycles. The normalized spacial score (nSPS) is 10.9. The summed E-state index contributed by atoms with van der Waals surface area (Å²) >= 11 is 0. The molecule has 0 saturated carbocycles. The topological polar surface area (TPSA) is 98.5 Å². The minimum absolute atomic E-state index is 0.201. The third kappa shape index (κ3) is 2.38. The maximum atomic E-state index is 11.9. The fourth-order valence-corrected chi connectivity index (χ4v) is 2.16. The van der Waals surface area contributed by atoms with Crippen LogP contribution in [-0.2, 0) is 6.54 Å². The molecule has 6 nitrogen and oxygen atoms in total. The fraction of sp³-hybridized carbons (Fsp3) is 0.0667. The van der Waals surface area contributed by atoms with Crippen molar-refractivity contribution in [1.82, 2.24) is 4.57 Å². The Labute approximate surface area is 119 Å². The molecule has 0 bridgehead atoms. The standard InChI is InChI=1S/C15H12N2O4/c16-11-5-6-13-12(7-11)17(15(20)21-13)8-9-1-3-10(4-2-9)14(18)19/h1-7H,8,16H2,(H,18,19). The van der Waals surface area contributed by atoms with Gasteiger partial charge in [0, 0.05) is 5.69 Å². The van der Waals surface area contributed by atoms with E-state index in [2.05, 4.69) is 0 Å². The predicted molar refractivity (Wildman–Crippen MR) is 77.4 cm³/mol. The Balaban J connectivity index is 2.01. The van der Waals surface area contributed by atoms with E-state index in [0.29, 0.717) is 16.8 Å². The Morgan fingerprint density at radius 1 is 1.19 bits per heavy atom. The quantitative estimate of drug-likeness (QED) is 0.716. The summed E-state index contributed by atoms with van der Waals surface area (Å²) in [4.78, 5) is 22.7. The molecule has 21 heavy (non-hydrogen) atoms. The van der Waals surface area contributed by atoms with Crippen LogP contribution in [0.4, 0.5) is 5.69 Å². The Morgan fingerprint density at radius 2 is 1.90 bits per heavy atom. The molecule has 106 valence electrons. The number of carboxylic acids is 1. The summed E-state index contributed by atoms with van der Waals surface area (Å²) in [5, 5.41) is 8.86. The number of nitrogens with zero attached hydrogens (tertiary/aromatic N) is 1. The van der Waals surface area contributed by atoms with Crippen molar-refractivity contribution >= 4 is 22.8 Å². The second-order valence-corrected chi connectivity index (χ2v) is 4.68. The lowest BCUT2D eigenvalue weighted by molar-refractivity contribution is 0.0697. The summed E-state index contributed by atoms with van der Waals surface area (Å²) in [6, 6.07) is 11.3. The number of hydrogen-bond donors (Lipinski definition) is 2. The summed E-state index contributed by atoms with van der Waals surface area (Å²) in [6.07, 6.45) is 0. The number of aromatic carboxylic acids is 1. The van der Waals surface area contributed by atoms with Crippen LogP contribution in [0.1, 0.15) is 15.9 Å². The molecule has 1 aromatic heterocycles. The number of hydrogen-bond acceptors (Lipinski definition) is 4. The van der Waals surface area contributed by atoms with Crippen LogP contribution in [-0.4, -0.2) is 15.6 Å². The zero-order valence-corrected chi connectivity index (χ0v) is 10.9. The molecule has 3 rings (SSSR count). The molecular weight excluding hydrogens is 272 g/mol. The van der Waals surface area contributed by atoms with Crippen LogP contribution in [0.5, 0.6) is 0 Å². The van der Waals surface area contributed by atoms with Gasteiger partial charge in [-0.25, -0.2) is 9.59 Å². The minimum Gasteiger partial charge on any atom is -0.478 e. The Morgan fingerprint density at radius 3 is 2.57 bits per heavy atom. The molecule has 0 spiro atoms. The zero-order chi connectivity index (χ0) is 15.0. The SMILES string of the molecule is Nc1ccc2oc(=O)n(Cc3ccc(C(=O)O)cc3)c2c1. The number of benzene rings is 2. The van der Waals surface area contributed by atoms with Gasteiger partial charge in [0.1, 0.15) is 0 Å². The van der Waals surface area contributed by atoms with Gasteiger partial charge in [0.05, 0.1) is 17.6 Å². The van der Waals surface area contributed by atoms with E-state index in [1.54, 1.807) is 30.3 Å². The summed E-state index contributed by atoms with van der Waals surface area (Å²) in [5.41, 5.74) is 8.35. The molecule has 2 aromatic carbocycles. The summed E-state index contributed by atoms with van der Waals surface area (Å²) in [5.74, 6) is -1.46. The Bertz CT molecular complexity index is 875. The summed E-state index contributed by atoms with van der Waals surface area (Å²) in [7, 11) is 0. The molecule has 0 fully saturated rings. The number of nitrogens with two attached hydrogens (primary N) is 1. The van der Waals surface area contributed by atoms with E-state index in [0.717, 1.165) is 5.56 Å². The third-order valence-electron chi connectivity index (χ3n) is 3.23. The molecule has 3 aromatic rings. The van der Waals surface area contributed by atoms with Crippen molar-refractivity contribution in [3.63, 3.8) is 0 Å². The van der Waals surface area contributed by atoms with Gasteiger partial charge in [-0.3, -0.25) is 4.57 Å². The average molecular weight is 284 g/mol. The van der Waals surface area contributed by atoms with Crippen molar-refractivity contribution < 1.29 is 14.3 Å². The van der Waals surface area contributed by atoms with E-state index >= 15 is 0 Å². The lowest BCUT2D eigenvalue weighted by atomic mass is 10.1. The molecule has 6 heteroatoms. The maximum Gasteiger partial charge on any atom is 0.420 e. The highest BCUT2D eigenvalue weighted by Crippen LogP contribution is 2.17. The van der Waals surface area contributed by atoms with Gasteiger partial charge in [-0.15, -0.1) is 0 Å². The highest BCUT2D eigenvalue weighted by Gasteiger charge is 2.10. The largest absolute Gasteiger partial charge is 0.478 e. The first-order valence-electron chi connectivity index (χ1n) is 6.26. The van der Waals surface area contributed by atoms with Gasteiger partial charge in [0.15, 0.2) is 5.58 Å². The van der Waals surface area contributed by atoms with Gasteiger partial charge in [-0.05, 0) is 35.9 Å². The molecule has 0 aliphatic heterocycles. The van der Waals surface area contributed by atoms with Gasteiger partial charge in [-0.2, -0.15) is 0 Å². The van der Waals surface area contributed by atoms with E-state index in [1.807, 2.05) is 0 Å². The molecule has 0 aliphatic rings. The van der Waals surface area contributed by atoms with Gasteiger partial charge in [-0.1, -0.05) is 12.1 Å². The van der Waals surface area contributed by atoms with Crippen LogP contribution < -0.4 is 11.5 Å². The smallest absolute Gasteiger partial charge is 0.420 e. The van der Waals surface area contributed by atoms with E-state index in [4.69, 9.17) is 15.3 Å². The first-order chi connectivity index (χ1) is 10.0. The summed E-state index contributed by atoms with van der Waals surface area (Å²) in [6.45, 7) is 0.287. The lowest BCUT2D eigenvalue weighted by Gasteiger charge is -2.04. The van der Waals surface area contributed by atoms with E-state index < -0.39 is 11.7 Å². The van der Waals surface area contributed by atoms with Gasteiger partial charge < -0.3 is 15.3 Å². The first-order valence-corrected chi connectivity index (χ1v) is 6.26. The molecule has 0 unspecified atom stereocenters. The predicted octanol–water partition coefficient (Wildman–Crippen LogP) is 1.92. The van der Waals surface area contributed by atoms with E-state index in [1.165, 1.54) is 16.7 Å². The van der Waals surface area contributed by atoms with Crippen molar-refractivity contribution in [2.75, 3.05) is 5.73 Å². The number of carbonyl (C=O) groups is 1. The number of aromatic nitrogens is 1. The molecule has 0 radical (unpaired) electrons. The van der Waals surface area contributed by atoms with Crippen molar-refractivity contribution in [2.24, 2.45) is 0 Å². The summed E-state index contributed by atoms with van der Waals surface area (Å²) < 4.78 is 6.61. The molecule has 0 amide bonds. The third-order valence-corrected chi connectivity index (χ3v) is 3.23. The number of anilines is 1. The van der Waals surface area contributed by atoms with Crippen molar-refractivity contribution in [3.05, 3.63) is 64.1 Å². The van der Waals surface area contributed by atoms with Crippen LogP contribution in [0.25, 0.3) is 11.1 Å². The molecular formula is C15H12N2O4. The molecule has 3 N–H and O–H groups in total. The molecule has 1 heterocycles. The molecule has 0 atom stereocenters. The Kier molecular flexibility index (Phi) is 2.98. The van der Waals surface area contributed by atoms with Gasteiger partial charge >= 0.3 is 11.7 Å². The van der Waals surface area contributed by atoms with Crippen LogP contribution in [0.15, 0.2) is 51.7 Å². The van der Waals surface area contributed by atoms with Crippen LogP contribution in [0, 0.1) is 0 Å². The number of nitrogen functional groups attached to an aromatic ring is 1. The highest BCUT2D eigenvalue weighted by atomic mass is 16.4.